The Balaban J connectivity index is 1.88. The summed E-state index contributed by atoms with van der Waals surface area (Å²) in [6, 6.07) is 8.25. The monoisotopic (exact) mass is 287 g/mol. The van der Waals surface area contributed by atoms with Crippen molar-refractivity contribution in [1.29, 1.82) is 0 Å². The summed E-state index contributed by atoms with van der Waals surface area (Å²) in [5.41, 5.74) is 1.06. The van der Waals surface area contributed by atoms with Gasteiger partial charge in [-0.2, -0.15) is 0 Å². The summed E-state index contributed by atoms with van der Waals surface area (Å²) in [6.45, 7) is 3.88. The fraction of sp³-hybridized carbons (Fsp3) is 0.611. The highest BCUT2D eigenvalue weighted by Gasteiger charge is 2.42. The van der Waals surface area contributed by atoms with E-state index in [4.69, 9.17) is 4.74 Å². The Kier molecular flexibility index (Phi) is 3.92. The molecule has 1 aliphatic carbocycles. The molecule has 3 rings (SSSR count). The van der Waals surface area contributed by atoms with Gasteiger partial charge in [-0.05, 0) is 31.7 Å². The van der Waals surface area contributed by atoms with E-state index >= 15 is 0 Å². The topological polar surface area (TPSA) is 38.3 Å². The number of hydrogen-bond acceptors (Lipinski definition) is 2. The highest BCUT2D eigenvalue weighted by Crippen LogP contribution is 2.46. The summed E-state index contributed by atoms with van der Waals surface area (Å²) >= 11 is 0. The first kappa shape index (κ1) is 14.4. The van der Waals surface area contributed by atoms with Gasteiger partial charge in [-0.25, -0.2) is 0 Å². The lowest BCUT2D eigenvalue weighted by atomic mass is 9.77. The van der Waals surface area contributed by atoms with Crippen molar-refractivity contribution in [2.24, 2.45) is 5.92 Å². The number of rotatable bonds is 2. The number of benzene rings is 1. The van der Waals surface area contributed by atoms with Gasteiger partial charge in [0.15, 0.2) is 0 Å². The maximum absolute atomic E-state index is 12.1. The molecule has 0 radical (unpaired) electrons. The lowest BCUT2D eigenvalue weighted by molar-refractivity contribution is -0.125. The molecule has 0 saturated heterocycles. The molecule has 1 N–H and O–H groups in total. The average molecular weight is 287 g/mol. The molecule has 1 aliphatic heterocycles. The molecule has 3 nitrogen and oxygen atoms in total. The van der Waals surface area contributed by atoms with Crippen LogP contribution in [0.1, 0.15) is 64.0 Å². The number of nitrogens with one attached hydrogen (secondary N) is 1. The van der Waals surface area contributed by atoms with E-state index in [2.05, 4.69) is 11.4 Å². The highest BCUT2D eigenvalue weighted by molar-refractivity contribution is 5.78. The molecule has 1 heterocycles. The molecule has 1 saturated carbocycles. The number of ether oxygens (including phenoxy) is 1. The van der Waals surface area contributed by atoms with Crippen molar-refractivity contribution in [2.45, 2.75) is 64.0 Å². The van der Waals surface area contributed by atoms with Crippen molar-refractivity contribution in [3.8, 4) is 5.75 Å². The zero-order chi connectivity index (χ0) is 14.9. The second kappa shape index (κ2) is 5.70. The Morgan fingerprint density at radius 2 is 1.95 bits per heavy atom. The van der Waals surface area contributed by atoms with Gasteiger partial charge in [0.1, 0.15) is 11.4 Å². The van der Waals surface area contributed by atoms with Crippen LogP contribution >= 0.6 is 0 Å². The zero-order valence-corrected chi connectivity index (χ0v) is 13.0. The molecule has 1 fully saturated rings. The fourth-order valence-corrected chi connectivity index (χ4v) is 3.59. The molecule has 0 bridgehead atoms. The van der Waals surface area contributed by atoms with E-state index in [1.165, 1.54) is 19.3 Å². The van der Waals surface area contributed by atoms with Crippen LogP contribution in [-0.2, 0) is 4.79 Å². The summed E-state index contributed by atoms with van der Waals surface area (Å²) < 4.78 is 6.38. The largest absolute Gasteiger partial charge is 0.487 e. The number of fused-ring (bicyclic) bond motifs is 1. The summed E-state index contributed by atoms with van der Waals surface area (Å²) in [5.74, 6) is 1.10. The van der Waals surface area contributed by atoms with Crippen LogP contribution in [0.2, 0.25) is 0 Å². The van der Waals surface area contributed by atoms with Gasteiger partial charge in [0.25, 0.3) is 0 Å². The van der Waals surface area contributed by atoms with Crippen LogP contribution in [0.4, 0.5) is 0 Å². The third-order valence-electron chi connectivity index (χ3n) is 4.80. The van der Waals surface area contributed by atoms with E-state index in [9.17, 15) is 4.79 Å². The predicted molar refractivity (Wildman–Crippen MR) is 83.2 cm³/mol. The summed E-state index contributed by atoms with van der Waals surface area (Å²) in [7, 11) is 0. The highest BCUT2D eigenvalue weighted by atomic mass is 16.5. The van der Waals surface area contributed by atoms with Crippen LogP contribution in [0.25, 0.3) is 0 Å². The molecule has 2 aliphatic rings. The van der Waals surface area contributed by atoms with Gasteiger partial charge in [-0.1, -0.05) is 38.5 Å². The number of hydrogen-bond donors (Lipinski definition) is 1. The molecule has 1 spiro atoms. The van der Waals surface area contributed by atoms with E-state index < -0.39 is 0 Å². The van der Waals surface area contributed by atoms with E-state index in [-0.39, 0.29) is 23.5 Å². The fourth-order valence-electron chi connectivity index (χ4n) is 3.59. The van der Waals surface area contributed by atoms with Gasteiger partial charge in [0, 0.05) is 17.9 Å². The quantitative estimate of drug-likeness (QED) is 0.893. The maximum atomic E-state index is 12.1. The average Bonchev–Trinajstić information content (AvgIpc) is 2.47. The van der Waals surface area contributed by atoms with Crippen molar-refractivity contribution in [3.05, 3.63) is 29.8 Å². The third kappa shape index (κ3) is 2.92. The van der Waals surface area contributed by atoms with Gasteiger partial charge in [-0.3, -0.25) is 4.79 Å². The second-order valence-electron chi connectivity index (χ2n) is 6.80. The van der Waals surface area contributed by atoms with Crippen molar-refractivity contribution in [2.75, 3.05) is 0 Å². The number of carbonyl (C=O) groups excluding carboxylic acids is 1. The van der Waals surface area contributed by atoms with Crippen LogP contribution in [0.5, 0.6) is 5.75 Å². The van der Waals surface area contributed by atoms with Gasteiger partial charge in [0.2, 0.25) is 5.91 Å². The number of carbonyl (C=O) groups is 1. The third-order valence-corrected chi connectivity index (χ3v) is 4.80. The summed E-state index contributed by atoms with van der Waals surface area (Å²) in [6.07, 6.45) is 6.88. The molecule has 0 aromatic heterocycles. The minimum absolute atomic E-state index is 0.0160. The number of para-hydroxylation sites is 1. The molecule has 1 aromatic carbocycles. The van der Waals surface area contributed by atoms with Crippen LogP contribution in [0.3, 0.4) is 0 Å². The van der Waals surface area contributed by atoms with Crippen LogP contribution < -0.4 is 10.1 Å². The Bertz CT molecular complexity index is 518. The molecular formula is C18H25NO2. The van der Waals surface area contributed by atoms with Crippen LogP contribution in [0.15, 0.2) is 24.3 Å². The minimum atomic E-state index is -0.0679. The molecule has 114 valence electrons. The Hall–Kier alpha value is -1.51. The van der Waals surface area contributed by atoms with Crippen LogP contribution in [0, 0.1) is 5.92 Å². The van der Waals surface area contributed by atoms with E-state index in [0.717, 1.165) is 30.6 Å². The van der Waals surface area contributed by atoms with Gasteiger partial charge < -0.3 is 10.1 Å². The lowest BCUT2D eigenvalue weighted by Gasteiger charge is -2.44. The van der Waals surface area contributed by atoms with Crippen molar-refractivity contribution < 1.29 is 9.53 Å². The van der Waals surface area contributed by atoms with E-state index in [0.29, 0.717) is 0 Å². The normalized spacial score (nSPS) is 23.5. The molecule has 21 heavy (non-hydrogen) atoms. The standard InChI is InChI=1S/C18H25NO2/c1-13(2)17(20)19-15-12-18(10-6-3-7-11-18)21-16-9-5-4-8-14(15)16/h4-5,8-9,13,15H,3,6-7,10-12H2,1-2H3,(H,19,20). The first-order valence-corrected chi connectivity index (χ1v) is 8.18. The summed E-state index contributed by atoms with van der Waals surface area (Å²) in [4.78, 5) is 12.1. The van der Waals surface area contributed by atoms with Crippen molar-refractivity contribution >= 4 is 5.91 Å². The predicted octanol–water partition coefficient (Wildman–Crippen LogP) is 3.99. The van der Waals surface area contributed by atoms with E-state index in [1.807, 2.05) is 32.0 Å². The van der Waals surface area contributed by atoms with E-state index in [1.54, 1.807) is 0 Å². The summed E-state index contributed by atoms with van der Waals surface area (Å²) in [5, 5.41) is 3.23. The van der Waals surface area contributed by atoms with Gasteiger partial charge in [-0.15, -0.1) is 0 Å². The smallest absolute Gasteiger partial charge is 0.223 e. The Morgan fingerprint density at radius 3 is 2.67 bits per heavy atom. The molecule has 1 atom stereocenters. The Labute approximate surface area is 127 Å². The molecule has 1 aromatic rings. The lowest BCUT2D eigenvalue weighted by Crippen LogP contribution is -2.47. The Morgan fingerprint density at radius 1 is 1.24 bits per heavy atom. The van der Waals surface area contributed by atoms with Crippen LogP contribution in [-0.4, -0.2) is 11.5 Å². The molecule has 1 unspecified atom stereocenters. The maximum Gasteiger partial charge on any atom is 0.223 e. The zero-order valence-electron chi connectivity index (χ0n) is 13.0. The first-order valence-electron chi connectivity index (χ1n) is 8.18. The molecule has 1 amide bonds. The van der Waals surface area contributed by atoms with Crippen molar-refractivity contribution in [3.63, 3.8) is 0 Å². The number of amides is 1. The first-order chi connectivity index (χ1) is 10.1. The second-order valence-corrected chi connectivity index (χ2v) is 6.80. The van der Waals surface area contributed by atoms with Gasteiger partial charge in [0.05, 0.1) is 6.04 Å². The molecular weight excluding hydrogens is 262 g/mol. The molecule has 3 heteroatoms. The SMILES string of the molecule is CC(C)C(=O)NC1CC2(CCCCC2)Oc2ccccc21. The van der Waals surface area contributed by atoms with Crippen molar-refractivity contribution in [1.82, 2.24) is 5.32 Å². The minimum Gasteiger partial charge on any atom is -0.487 e. The van der Waals surface area contributed by atoms with Gasteiger partial charge >= 0.3 is 0 Å².